The molecule has 2 aliphatic carbocycles. The summed E-state index contributed by atoms with van der Waals surface area (Å²) >= 11 is 0. The zero-order valence-corrected chi connectivity index (χ0v) is 51.4. The molecule has 4 heteroatoms. The Kier molecular flexibility index (Phi) is 36.9. The number of carbonyl (C=O) groups is 2. The minimum absolute atomic E-state index is 0.00519. The van der Waals surface area contributed by atoms with Gasteiger partial charge in [-0.2, -0.15) is 0 Å². The second-order valence-corrected chi connectivity index (χ2v) is 24.6. The summed E-state index contributed by atoms with van der Waals surface area (Å²) in [5.41, 5.74) is 8.64. The van der Waals surface area contributed by atoms with E-state index >= 15 is 0 Å². The van der Waals surface area contributed by atoms with Crippen molar-refractivity contribution >= 4 is 11.9 Å². The number of ether oxygens (including phenoxy) is 2. The van der Waals surface area contributed by atoms with Gasteiger partial charge in [-0.25, -0.2) is 0 Å². The van der Waals surface area contributed by atoms with Crippen LogP contribution in [0, 0.1) is 16.7 Å². The first kappa shape index (κ1) is 68.2. The van der Waals surface area contributed by atoms with Gasteiger partial charge in [0.15, 0.2) is 0 Å². The monoisotopic (exact) mass is 1040 g/mol. The molecule has 0 spiro atoms. The predicted molar refractivity (Wildman–Crippen MR) is 332 cm³/mol. The molecule has 3 atom stereocenters. The third-order valence-corrected chi connectivity index (χ3v) is 15.8. The Hall–Kier alpha value is -3.92. The summed E-state index contributed by atoms with van der Waals surface area (Å²) in [6.45, 7) is 26.6. The van der Waals surface area contributed by atoms with Gasteiger partial charge in [-0.15, -0.1) is 0 Å². The molecule has 0 amide bonds. The second kappa shape index (κ2) is 41.2. The average Bonchev–Trinajstić information content (AvgIpc) is 3.34. The first-order valence-corrected chi connectivity index (χ1v) is 31.3. The van der Waals surface area contributed by atoms with Gasteiger partial charge < -0.3 is 9.47 Å². The number of rotatable bonds is 40. The van der Waals surface area contributed by atoms with Crippen molar-refractivity contribution in [2.75, 3.05) is 0 Å². The molecule has 4 nitrogen and oxygen atoms in total. The summed E-state index contributed by atoms with van der Waals surface area (Å²) in [5.74, 6) is 0.224. The van der Waals surface area contributed by atoms with E-state index in [2.05, 4.69) is 174 Å². The molecule has 0 saturated heterocycles. The summed E-state index contributed by atoms with van der Waals surface area (Å²) in [6, 6.07) is 0. The number of allylic oxidation sites excluding steroid dienone is 20. The van der Waals surface area contributed by atoms with E-state index in [9.17, 15) is 9.59 Å². The topological polar surface area (TPSA) is 52.6 Å². The summed E-state index contributed by atoms with van der Waals surface area (Å²) in [5, 5.41) is 0. The lowest BCUT2D eigenvalue weighted by atomic mass is 9.67. The van der Waals surface area contributed by atoms with Crippen LogP contribution in [0.15, 0.2) is 130 Å². The van der Waals surface area contributed by atoms with E-state index in [-0.39, 0.29) is 35.0 Å². The molecule has 76 heavy (non-hydrogen) atoms. The normalized spacial score (nSPS) is 19.8. The van der Waals surface area contributed by atoms with Gasteiger partial charge in [0.25, 0.3) is 0 Å². The SMILES string of the molecule is CCCCCCCCCCCCCCCC(=O)OC1C=C(C)C(/C=C/C(C)=C\C=C/C(C)=C/C=C/C=C(C)/C=C\C=C(C)/C=C/C2=C(C)CC(OC(=O)CCCCCCCCCCCCCCC)CC2(C)C)C(C)(C)C1. The third-order valence-electron chi connectivity index (χ3n) is 15.8. The van der Waals surface area contributed by atoms with Crippen LogP contribution in [0.2, 0.25) is 0 Å². The van der Waals surface area contributed by atoms with E-state index in [4.69, 9.17) is 9.47 Å². The average molecular weight is 1050 g/mol. The standard InChI is InChI=1S/C72H116O4/c1-13-15-17-19-21-23-25-27-29-31-33-35-37-49-69(73)75-65-55-63(7)67(71(9,10)57-65)53-51-61(5)47-41-45-59(3)43-39-40-44-60(4)46-42-48-62(6)52-54-68-64(8)56-66(58-72(68,11)12)76-70(74)50-38-36-34-32-30-28-26-24-22-20-18-16-14-2/h39-48,51-55,65-67H,13-38,49-50,56-58H2,1-12H3/b40-39+,45-41-,46-42-,53-51+,54-52+,59-43+,60-44+,61-47-,62-48-. The Labute approximate surface area is 470 Å². The third kappa shape index (κ3) is 32.7. The van der Waals surface area contributed by atoms with Crippen LogP contribution in [0.3, 0.4) is 0 Å². The Balaban J connectivity index is 1.73. The minimum Gasteiger partial charge on any atom is -0.462 e. The van der Waals surface area contributed by atoms with Gasteiger partial charge in [0.1, 0.15) is 12.2 Å². The molecule has 0 aliphatic heterocycles. The molecular weight excluding hydrogens is 929 g/mol. The fraction of sp³-hybridized carbons (Fsp3) is 0.667. The highest BCUT2D eigenvalue weighted by atomic mass is 16.5. The van der Waals surface area contributed by atoms with Crippen LogP contribution < -0.4 is 0 Å². The molecule has 0 N–H and O–H groups in total. The Morgan fingerprint density at radius 1 is 0.500 bits per heavy atom. The Morgan fingerprint density at radius 2 is 0.882 bits per heavy atom. The van der Waals surface area contributed by atoms with Gasteiger partial charge in [-0.1, -0.05) is 314 Å². The summed E-state index contributed by atoms with van der Waals surface area (Å²) in [6.07, 6.45) is 69.9. The van der Waals surface area contributed by atoms with Gasteiger partial charge in [-0.3, -0.25) is 9.59 Å². The number of carbonyl (C=O) groups excluding carboxylic acids is 2. The first-order valence-electron chi connectivity index (χ1n) is 31.3. The van der Waals surface area contributed by atoms with E-state index in [1.807, 2.05) is 0 Å². The highest BCUT2D eigenvalue weighted by Crippen LogP contribution is 2.44. The van der Waals surface area contributed by atoms with Gasteiger partial charge in [0.05, 0.1) is 0 Å². The summed E-state index contributed by atoms with van der Waals surface area (Å²) in [4.78, 5) is 25.6. The zero-order valence-electron chi connectivity index (χ0n) is 51.4. The largest absolute Gasteiger partial charge is 0.462 e. The van der Waals surface area contributed by atoms with Crippen molar-refractivity contribution in [2.45, 2.75) is 294 Å². The molecule has 428 valence electrons. The molecular formula is C72H116O4. The lowest BCUT2D eigenvalue weighted by Gasteiger charge is -2.40. The molecule has 0 aromatic heterocycles. The van der Waals surface area contributed by atoms with Gasteiger partial charge in [-0.05, 0) is 89.7 Å². The highest BCUT2D eigenvalue weighted by Gasteiger charge is 2.37. The molecule has 0 radical (unpaired) electrons. The molecule has 0 heterocycles. The molecule has 0 aromatic carbocycles. The first-order chi connectivity index (χ1) is 36.5. The van der Waals surface area contributed by atoms with E-state index < -0.39 is 0 Å². The van der Waals surface area contributed by atoms with E-state index in [1.54, 1.807) is 0 Å². The van der Waals surface area contributed by atoms with Crippen LogP contribution in [0.4, 0.5) is 0 Å². The molecule has 0 aromatic rings. The van der Waals surface area contributed by atoms with Crippen molar-refractivity contribution < 1.29 is 19.1 Å². The van der Waals surface area contributed by atoms with Crippen molar-refractivity contribution in [1.29, 1.82) is 0 Å². The fourth-order valence-electron chi connectivity index (χ4n) is 11.3. The fourth-order valence-corrected chi connectivity index (χ4v) is 11.3. The minimum atomic E-state index is -0.143. The van der Waals surface area contributed by atoms with Crippen molar-refractivity contribution in [1.82, 2.24) is 0 Å². The Bertz CT molecular complexity index is 1980. The highest BCUT2D eigenvalue weighted by molar-refractivity contribution is 5.70. The van der Waals surface area contributed by atoms with Gasteiger partial charge in [0.2, 0.25) is 0 Å². The Morgan fingerprint density at radius 3 is 1.30 bits per heavy atom. The zero-order chi connectivity index (χ0) is 55.9. The lowest BCUT2D eigenvalue weighted by molar-refractivity contribution is -0.151. The van der Waals surface area contributed by atoms with Crippen LogP contribution in [0.5, 0.6) is 0 Å². The predicted octanol–water partition coefficient (Wildman–Crippen LogP) is 22.5. The molecule has 0 saturated carbocycles. The van der Waals surface area contributed by atoms with Crippen molar-refractivity contribution in [2.24, 2.45) is 16.7 Å². The molecule has 0 bridgehead atoms. The van der Waals surface area contributed by atoms with E-state index in [1.165, 1.54) is 180 Å². The van der Waals surface area contributed by atoms with Gasteiger partial charge >= 0.3 is 11.9 Å². The van der Waals surface area contributed by atoms with Crippen molar-refractivity contribution in [3.8, 4) is 0 Å². The van der Waals surface area contributed by atoms with Crippen LogP contribution in [0.25, 0.3) is 0 Å². The maximum atomic E-state index is 12.8. The molecule has 0 fully saturated rings. The quantitative estimate of drug-likeness (QED) is 0.0266. The number of esters is 2. The van der Waals surface area contributed by atoms with E-state index in [0.29, 0.717) is 18.8 Å². The smallest absolute Gasteiger partial charge is 0.306 e. The maximum absolute atomic E-state index is 12.8. The van der Waals surface area contributed by atoms with Crippen molar-refractivity contribution in [3.05, 3.63) is 130 Å². The maximum Gasteiger partial charge on any atom is 0.306 e. The second-order valence-electron chi connectivity index (χ2n) is 24.6. The molecule has 2 rings (SSSR count). The van der Waals surface area contributed by atoms with Crippen molar-refractivity contribution in [3.63, 3.8) is 0 Å². The number of unbranched alkanes of at least 4 members (excludes halogenated alkanes) is 24. The number of hydrogen-bond donors (Lipinski definition) is 0. The van der Waals surface area contributed by atoms with Crippen LogP contribution in [0.1, 0.15) is 282 Å². The van der Waals surface area contributed by atoms with Crippen LogP contribution >= 0.6 is 0 Å². The van der Waals surface area contributed by atoms with E-state index in [0.717, 1.165) is 44.9 Å². The van der Waals surface area contributed by atoms with Crippen LogP contribution in [-0.4, -0.2) is 24.1 Å². The molecule has 2 aliphatic rings. The molecule has 3 unspecified atom stereocenters. The van der Waals surface area contributed by atoms with Crippen LogP contribution in [-0.2, 0) is 19.1 Å². The number of hydrogen-bond acceptors (Lipinski definition) is 4. The summed E-state index contributed by atoms with van der Waals surface area (Å²) in [7, 11) is 0. The lowest BCUT2D eigenvalue weighted by Crippen LogP contribution is -2.34. The summed E-state index contributed by atoms with van der Waals surface area (Å²) < 4.78 is 12.0. The van der Waals surface area contributed by atoms with Gasteiger partial charge in [0, 0.05) is 25.2 Å².